The van der Waals surface area contributed by atoms with Gasteiger partial charge in [0.2, 0.25) is 0 Å². The summed E-state index contributed by atoms with van der Waals surface area (Å²) < 4.78 is 59.2. The molecule has 0 saturated heterocycles. The molecular formula is C14H18CoF6P-. The molecular weight excluding hydrogens is 372 g/mol. The van der Waals surface area contributed by atoms with E-state index in [0.29, 0.717) is 0 Å². The molecule has 0 spiro atoms. The van der Waals surface area contributed by atoms with Crippen LogP contribution in [0.1, 0.15) is 26.7 Å². The Labute approximate surface area is 140 Å². The molecule has 2 aliphatic carbocycles. The first kappa shape index (κ1) is 24.8. The summed E-state index contributed by atoms with van der Waals surface area (Å²) in [6.07, 6.45) is 19.1. The van der Waals surface area contributed by atoms with Crippen molar-refractivity contribution in [3.8, 4) is 0 Å². The van der Waals surface area contributed by atoms with Crippen LogP contribution in [0.4, 0.5) is 25.2 Å². The van der Waals surface area contributed by atoms with Crippen LogP contribution in [0.15, 0.2) is 0 Å². The van der Waals surface area contributed by atoms with E-state index < -0.39 is 7.81 Å². The van der Waals surface area contributed by atoms with E-state index in [1.165, 1.54) is 11.8 Å². The monoisotopic (exact) mass is 390 g/mol. The minimum atomic E-state index is -10.7. The number of hydrogen-bond acceptors (Lipinski definition) is 0. The molecule has 2 rings (SSSR count). The van der Waals surface area contributed by atoms with Crippen LogP contribution in [0.3, 0.4) is 0 Å². The fourth-order valence-corrected chi connectivity index (χ4v) is 1.30. The minimum absolute atomic E-state index is 0. The first-order chi connectivity index (χ1) is 9.31. The Balaban J connectivity index is 0. The number of halogens is 6. The summed E-state index contributed by atoms with van der Waals surface area (Å²) in [5.41, 5.74) is 0. The van der Waals surface area contributed by atoms with Gasteiger partial charge in [0.1, 0.15) is 0 Å². The summed E-state index contributed by atoms with van der Waals surface area (Å²) in [6, 6.07) is 0. The third-order valence-electron chi connectivity index (χ3n) is 2.28. The summed E-state index contributed by atoms with van der Waals surface area (Å²) in [4.78, 5) is 0. The van der Waals surface area contributed by atoms with E-state index in [1.807, 2.05) is 0 Å². The van der Waals surface area contributed by atoms with Crippen LogP contribution in [0.25, 0.3) is 0 Å². The molecule has 2 aliphatic rings. The predicted molar refractivity (Wildman–Crippen MR) is 75.0 cm³/mol. The molecule has 0 N–H and O–H groups in total. The van der Waals surface area contributed by atoms with Gasteiger partial charge in [-0.1, -0.05) is 13.8 Å². The van der Waals surface area contributed by atoms with Crippen LogP contribution in [0.5, 0.6) is 0 Å². The quantitative estimate of drug-likeness (QED) is 0.352. The van der Waals surface area contributed by atoms with Crippen LogP contribution in [0, 0.1) is 63.2 Å². The van der Waals surface area contributed by atoms with Crippen molar-refractivity contribution in [3.05, 3.63) is 63.2 Å². The molecule has 0 amide bonds. The van der Waals surface area contributed by atoms with Crippen LogP contribution < -0.4 is 0 Å². The SMILES string of the molecule is CC[C]1[CH][CH][CH][CH]1.CC[C]1[CH][CH][CH][CH]1.F[P-](F)(F)(F)(F)F.[Co]. The van der Waals surface area contributed by atoms with Gasteiger partial charge in [-0.2, -0.15) is 0 Å². The van der Waals surface area contributed by atoms with Crippen molar-refractivity contribution in [1.82, 2.24) is 0 Å². The molecule has 2 fully saturated rings. The van der Waals surface area contributed by atoms with Crippen molar-refractivity contribution >= 4 is 7.81 Å². The standard InChI is InChI=1S/2C7H9.Co.F6P/c2*1-2-7-5-3-4-6-7;;1-7(2,3,4,5)6/h2*3-6H,2H2,1H3;;/q;;;-1. The maximum absolute atomic E-state index is 10.7. The van der Waals surface area contributed by atoms with Crippen LogP contribution in [0.2, 0.25) is 0 Å². The Morgan fingerprint density at radius 3 is 0.909 bits per heavy atom. The zero-order valence-electron chi connectivity index (χ0n) is 12.1. The zero-order valence-corrected chi connectivity index (χ0v) is 14.0. The van der Waals surface area contributed by atoms with E-state index in [2.05, 4.69) is 65.2 Å². The second-order valence-corrected chi connectivity index (χ2v) is 6.17. The first-order valence-electron chi connectivity index (χ1n) is 6.29. The van der Waals surface area contributed by atoms with Crippen molar-refractivity contribution in [1.29, 1.82) is 0 Å². The van der Waals surface area contributed by atoms with Crippen LogP contribution in [-0.4, -0.2) is 0 Å². The Morgan fingerprint density at radius 2 is 0.818 bits per heavy atom. The Morgan fingerprint density at radius 1 is 0.636 bits per heavy atom. The van der Waals surface area contributed by atoms with Gasteiger partial charge in [0.25, 0.3) is 0 Å². The normalized spacial score (nSPS) is 22.4. The third-order valence-corrected chi connectivity index (χ3v) is 2.28. The fourth-order valence-electron chi connectivity index (χ4n) is 1.30. The van der Waals surface area contributed by atoms with Gasteiger partial charge in [-0.05, 0) is 76.0 Å². The summed E-state index contributed by atoms with van der Waals surface area (Å²) in [6.45, 7) is 4.32. The average molecular weight is 390 g/mol. The van der Waals surface area contributed by atoms with E-state index in [1.54, 1.807) is 0 Å². The molecule has 2 saturated carbocycles. The summed E-state index contributed by atoms with van der Waals surface area (Å²) in [7, 11) is -10.7. The van der Waals surface area contributed by atoms with E-state index in [-0.39, 0.29) is 16.8 Å². The maximum Gasteiger partial charge on any atom is 0 e. The van der Waals surface area contributed by atoms with E-state index in [9.17, 15) is 25.2 Å². The summed E-state index contributed by atoms with van der Waals surface area (Å²) >= 11 is 0. The number of rotatable bonds is 2. The molecule has 131 valence electrons. The summed E-state index contributed by atoms with van der Waals surface area (Å²) in [5.74, 6) is 2.86. The second-order valence-electron chi connectivity index (χ2n) is 4.25. The fraction of sp³-hybridized carbons (Fsp3) is 0.286. The Kier molecular flexibility index (Phi) is 10.3. The van der Waals surface area contributed by atoms with Crippen molar-refractivity contribution in [3.63, 3.8) is 0 Å². The molecule has 22 heavy (non-hydrogen) atoms. The van der Waals surface area contributed by atoms with Gasteiger partial charge >= 0.3 is 33.0 Å². The molecule has 11 radical (unpaired) electrons. The van der Waals surface area contributed by atoms with E-state index in [4.69, 9.17) is 0 Å². The first-order valence-corrected chi connectivity index (χ1v) is 8.32. The van der Waals surface area contributed by atoms with Gasteiger partial charge in [0.05, 0.1) is 0 Å². The van der Waals surface area contributed by atoms with Gasteiger partial charge in [-0.15, -0.1) is 0 Å². The molecule has 0 bridgehead atoms. The summed E-state index contributed by atoms with van der Waals surface area (Å²) in [5, 5.41) is 0. The largest absolute Gasteiger partial charge is 0 e. The van der Waals surface area contributed by atoms with Crippen molar-refractivity contribution in [2.24, 2.45) is 0 Å². The Hall–Kier alpha value is 0.516. The number of hydrogen-bond donors (Lipinski definition) is 0. The predicted octanol–water partition coefficient (Wildman–Crippen LogP) is 6.98. The Bertz CT molecular complexity index is 250. The second kappa shape index (κ2) is 9.12. The minimum Gasteiger partial charge on any atom is 0 e. The molecule has 0 atom stereocenters. The third kappa shape index (κ3) is 22.8. The van der Waals surface area contributed by atoms with Crippen molar-refractivity contribution in [2.45, 2.75) is 26.7 Å². The average Bonchev–Trinajstić information content (AvgIpc) is 2.99. The smallest absolute Gasteiger partial charge is 0 e. The van der Waals surface area contributed by atoms with Crippen LogP contribution in [-0.2, 0) is 16.8 Å². The molecule has 8 heteroatoms. The van der Waals surface area contributed by atoms with Gasteiger partial charge < -0.3 is 0 Å². The molecule has 0 nitrogen and oxygen atoms in total. The molecule has 0 unspecified atom stereocenters. The molecule has 0 aromatic carbocycles. The topological polar surface area (TPSA) is 0 Å². The molecule has 0 aromatic heterocycles. The van der Waals surface area contributed by atoms with Crippen LogP contribution >= 0.6 is 7.81 Å². The van der Waals surface area contributed by atoms with Gasteiger partial charge in [0, 0.05) is 16.8 Å². The van der Waals surface area contributed by atoms with Gasteiger partial charge in [-0.25, -0.2) is 0 Å². The zero-order chi connectivity index (χ0) is 16.6. The molecule has 0 heterocycles. The van der Waals surface area contributed by atoms with Crippen molar-refractivity contribution in [2.75, 3.05) is 0 Å². The van der Waals surface area contributed by atoms with E-state index in [0.717, 1.165) is 12.8 Å². The van der Waals surface area contributed by atoms with E-state index >= 15 is 0 Å². The van der Waals surface area contributed by atoms with Gasteiger partial charge in [0.15, 0.2) is 0 Å². The van der Waals surface area contributed by atoms with Gasteiger partial charge in [-0.3, -0.25) is 0 Å². The molecule has 0 aliphatic heterocycles. The van der Waals surface area contributed by atoms with Crippen molar-refractivity contribution < 1.29 is 42.0 Å². The molecule has 0 aromatic rings. The maximum atomic E-state index is 9.87.